The van der Waals surface area contributed by atoms with Crippen molar-refractivity contribution in [1.29, 1.82) is 0 Å². The summed E-state index contributed by atoms with van der Waals surface area (Å²) in [6.45, 7) is 3.42. The van der Waals surface area contributed by atoms with Crippen molar-refractivity contribution in [3.05, 3.63) is 46.0 Å². The third-order valence-corrected chi connectivity index (χ3v) is 7.69. The highest BCUT2D eigenvalue weighted by Gasteiger charge is 2.33. The SMILES string of the molecule is Cc1nc(N2CCCC(c3nnc4ccc(C(F)(F)F)cn34)C2)c2c3c(sc2n1)CCC3. The number of hydrogen-bond donors (Lipinski definition) is 0. The number of hydrogen-bond acceptors (Lipinski definition) is 6. The minimum absolute atomic E-state index is 0.0285. The molecule has 6 nitrogen and oxygen atoms in total. The summed E-state index contributed by atoms with van der Waals surface area (Å²) in [7, 11) is 0. The molecule has 0 saturated carbocycles. The van der Waals surface area contributed by atoms with E-state index in [1.165, 1.54) is 32.7 Å². The van der Waals surface area contributed by atoms with Crippen molar-refractivity contribution < 1.29 is 13.2 Å². The van der Waals surface area contributed by atoms with E-state index in [4.69, 9.17) is 4.98 Å². The molecule has 32 heavy (non-hydrogen) atoms. The molecule has 4 aromatic heterocycles. The second-order valence-electron chi connectivity index (χ2n) is 8.62. The van der Waals surface area contributed by atoms with Gasteiger partial charge in [0.05, 0.1) is 10.9 Å². The highest BCUT2D eigenvalue weighted by atomic mass is 32.1. The molecule has 1 atom stereocenters. The maximum absolute atomic E-state index is 13.3. The largest absolute Gasteiger partial charge is 0.417 e. The van der Waals surface area contributed by atoms with Gasteiger partial charge in [-0.3, -0.25) is 4.40 Å². The minimum Gasteiger partial charge on any atom is -0.355 e. The van der Waals surface area contributed by atoms with Crippen LogP contribution >= 0.6 is 11.3 Å². The van der Waals surface area contributed by atoms with E-state index in [0.717, 1.165) is 61.0 Å². The molecule has 5 heterocycles. The number of alkyl halides is 3. The molecule has 0 aromatic carbocycles. The van der Waals surface area contributed by atoms with Crippen LogP contribution < -0.4 is 4.90 Å². The molecule has 0 radical (unpaired) electrons. The number of piperidine rings is 1. The summed E-state index contributed by atoms with van der Waals surface area (Å²) in [6, 6.07) is 2.43. The van der Waals surface area contributed by atoms with E-state index in [1.807, 2.05) is 6.92 Å². The molecule has 2 aliphatic rings. The fraction of sp³-hybridized carbons (Fsp3) is 0.455. The Balaban J connectivity index is 1.40. The number of nitrogens with zero attached hydrogens (tertiary/aromatic N) is 6. The van der Waals surface area contributed by atoms with Gasteiger partial charge in [-0.25, -0.2) is 9.97 Å². The standard InChI is InChI=1S/C22H21F3N6S/c1-12-26-20(18-15-5-2-6-16(15)32-21(18)27-12)30-9-3-4-13(10-30)19-29-28-17-8-7-14(11-31(17)19)22(23,24)25/h7-8,11,13H,2-6,9-10H2,1H3. The number of aromatic nitrogens is 5. The van der Waals surface area contributed by atoms with Crippen LogP contribution in [-0.4, -0.2) is 37.7 Å². The molecule has 0 amide bonds. The van der Waals surface area contributed by atoms with Crippen molar-refractivity contribution in [2.24, 2.45) is 0 Å². The zero-order chi connectivity index (χ0) is 22.0. The highest BCUT2D eigenvalue weighted by Crippen LogP contribution is 2.42. The maximum atomic E-state index is 13.3. The summed E-state index contributed by atoms with van der Waals surface area (Å²) < 4.78 is 41.3. The van der Waals surface area contributed by atoms with E-state index >= 15 is 0 Å². The second kappa shape index (κ2) is 7.13. The Bertz CT molecular complexity index is 1340. The van der Waals surface area contributed by atoms with Gasteiger partial charge in [-0.15, -0.1) is 21.5 Å². The van der Waals surface area contributed by atoms with Gasteiger partial charge in [0.2, 0.25) is 0 Å². The molecule has 0 bridgehead atoms. The Labute approximate surface area is 186 Å². The Kier molecular flexibility index (Phi) is 4.43. The molecule has 1 aliphatic heterocycles. The van der Waals surface area contributed by atoms with E-state index in [2.05, 4.69) is 20.1 Å². The van der Waals surface area contributed by atoms with Crippen LogP contribution in [0.15, 0.2) is 18.3 Å². The van der Waals surface area contributed by atoms with Crippen LogP contribution in [0.2, 0.25) is 0 Å². The first kappa shape index (κ1) is 19.9. The van der Waals surface area contributed by atoms with Gasteiger partial charge in [0.1, 0.15) is 22.3 Å². The first-order valence-electron chi connectivity index (χ1n) is 10.8. The molecule has 1 unspecified atom stereocenters. The molecule has 0 N–H and O–H groups in total. The van der Waals surface area contributed by atoms with Gasteiger partial charge in [0.25, 0.3) is 0 Å². The number of thiophene rings is 1. The number of anilines is 1. The van der Waals surface area contributed by atoms with Crippen LogP contribution in [0.5, 0.6) is 0 Å². The van der Waals surface area contributed by atoms with Crippen LogP contribution in [0.1, 0.15) is 52.8 Å². The lowest BCUT2D eigenvalue weighted by Crippen LogP contribution is -2.36. The van der Waals surface area contributed by atoms with Gasteiger partial charge in [0, 0.05) is 30.1 Å². The highest BCUT2D eigenvalue weighted by molar-refractivity contribution is 7.19. The molecule has 1 aliphatic carbocycles. The Morgan fingerprint density at radius 1 is 1.09 bits per heavy atom. The maximum Gasteiger partial charge on any atom is 0.417 e. The van der Waals surface area contributed by atoms with Crippen molar-refractivity contribution in [1.82, 2.24) is 24.6 Å². The molecule has 166 valence electrons. The predicted octanol–water partition coefficient (Wildman–Crippen LogP) is 4.93. The summed E-state index contributed by atoms with van der Waals surface area (Å²) in [5.74, 6) is 2.26. The second-order valence-corrected chi connectivity index (χ2v) is 9.70. The van der Waals surface area contributed by atoms with Crippen LogP contribution in [0.25, 0.3) is 15.9 Å². The molecule has 1 saturated heterocycles. The third kappa shape index (κ3) is 3.15. The van der Waals surface area contributed by atoms with Crippen LogP contribution in [0, 0.1) is 6.92 Å². The lowest BCUT2D eigenvalue weighted by molar-refractivity contribution is -0.137. The van der Waals surface area contributed by atoms with Gasteiger partial charge in [-0.2, -0.15) is 13.2 Å². The van der Waals surface area contributed by atoms with Crippen molar-refractivity contribution in [3.63, 3.8) is 0 Å². The molecule has 10 heteroatoms. The quantitative estimate of drug-likeness (QED) is 0.426. The number of rotatable bonds is 2. The van der Waals surface area contributed by atoms with Crippen LogP contribution in [0.3, 0.4) is 0 Å². The molecule has 0 spiro atoms. The van der Waals surface area contributed by atoms with E-state index in [0.29, 0.717) is 18.0 Å². The molecular formula is C22H21F3N6S. The topological polar surface area (TPSA) is 59.2 Å². The summed E-state index contributed by atoms with van der Waals surface area (Å²) in [4.78, 5) is 14.2. The zero-order valence-electron chi connectivity index (χ0n) is 17.5. The average molecular weight is 459 g/mol. The van der Waals surface area contributed by atoms with Gasteiger partial charge in [0.15, 0.2) is 5.65 Å². The van der Waals surface area contributed by atoms with E-state index < -0.39 is 11.7 Å². The third-order valence-electron chi connectivity index (χ3n) is 6.50. The van der Waals surface area contributed by atoms with Gasteiger partial charge >= 0.3 is 6.18 Å². The van der Waals surface area contributed by atoms with Crippen molar-refractivity contribution >= 4 is 33.0 Å². The molecule has 6 rings (SSSR count). The monoisotopic (exact) mass is 458 g/mol. The molecule has 1 fully saturated rings. The first-order valence-corrected chi connectivity index (χ1v) is 11.7. The smallest absolute Gasteiger partial charge is 0.355 e. The number of pyridine rings is 1. The fourth-order valence-electron chi connectivity index (χ4n) is 5.04. The van der Waals surface area contributed by atoms with E-state index in [9.17, 15) is 13.2 Å². The van der Waals surface area contributed by atoms with Crippen molar-refractivity contribution in [2.45, 2.75) is 51.1 Å². The Hall–Kier alpha value is -2.75. The molecule has 4 aromatic rings. The summed E-state index contributed by atoms with van der Waals surface area (Å²) in [5.41, 5.74) is 1.12. The Morgan fingerprint density at radius 3 is 2.81 bits per heavy atom. The number of fused-ring (bicyclic) bond motifs is 4. The fourth-order valence-corrected chi connectivity index (χ4v) is 6.35. The van der Waals surface area contributed by atoms with Gasteiger partial charge in [-0.05, 0) is 56.7 Å². The zero-order valence-corrected chi connectivity index (χ0v) is 18.3. The van der Waals surface area contributed by atoms with Crippen molar-refractivity contribution in [3.8, 4) is 0 Å². The van der Waals surface area contributed by atoms with Gasteiger partial charge in [-0.1, -0.05) is 0 Å². The first-order chi connectivity index (χ1) is 15.4. The average Bonchev–Trinajstić information content (AvgIpc) is 3.46. The van der Waals surface area contributed by atoms with E-state index in [-0.39, 0.29) is 5.92 Å². The summed E-state index contributed by atoms with van der Waals surface area (Å²) in [5, 5.41) is 9.57. The van der Waals surface area contributed by atoms with E-state index in [1.54, 1.807) is 11.3 Å². The minimum atomic E-state index is -4.41. The predicted molar refractivity (Wildman–Crippen MR) is 116 cm³/mol. The lowest BCUT2D eigenvalue weighted by Gasteiger charge is -2.33. The summed E-state index contributed by atoms with van der Waals surface area (Å²) in [6.07, 6.45) is 1.80. The number of halogens is 3. The molecular weight excluding hydrogens is 437 g/mol. The van der Waals surface area contributed by atoms with Gasteiger partial charge < -0.3 is 4.90 Å². The Morgan fingerprint density at radius 2 is 1.97 bits per heavy atom. The van der Waals surface area contributed by atoms with Crippen LogP contribution in [0.4, 0.5) is 19.0 Å². The number of aryl methyl sites for hydroxylation is 3. The van der Waals surface area contributed by atoms with Crippen LogP contribution in [-0.2, 0) is 19.0 Å². The normalized spacial score (nSPS) is 19.2. The summed E-state index contributed by atoms with van der Waals surface area (Å²) >= 11 is 1.77. The lowest BCUT2D eigenvalue weighted by atomic mass is 9.96. The van der Waals surface area contributed by atoms with Crippen molar-refractivity contribution in [2.75, 3.05) is 18.0 Å².